The Morgan fingerprint density at radius 3 is 2.97 bits per heavy atom. The molecule has 1 saturated heterocycles. The van der Waals surface area contributed by atoms with E-state index in [0.717, 1.165) is 41.2 Å². The number of ether oxygens (including phenoxy) is 1. The number of benzene rings is 1. The number of hydrogen-bond acceptors (Lipinski definition) is 6. The minimum Gasteiger partial charge on any atom is -0.369 e. The Morgan fingerprint density at radius 2 is 2.21 bits per heavy atom. The maximum atomic E-state index is 12.8. The zero-order chi connectivity index (χ0) is 20.4. The van der Waals surface area contributed by atoms with Gasteiger partial charge in [-0.25, -0.2) is 9.97 Å². The molecule has 3 aromatic rings. The largest absolute Gasteiger partial charge is 0.369 e. The molecule has 1 aliphatic rings. The molecule has 0 bridgehead atoms. The Balaban J connectivity index is 1.61. The van der Waals surface area contributed by atoms with Gasteiger partial charge in [0.15, 0.2) is 0 Å². The summed E-state index contributed by atoms with van der Waals surface area (Å²) in [6, 6.07) is 9.75. The van der Waals surface area contributed by atoms with Crippen LogP contribution in [0.4, 0.5) is 0 Å². The Kier molecular flexibility index (Phi) is 5.89. The van der Waals surface area contributed by atoms with Crippen molar-refractivity contribution in [2.24, 2.45) is 0 Å². The molecule has 0 saturated carbocycles. The van der Waals surface area contributed by atoms with Crippen LogP contribution in [0.3, 0.4) is 0 Å². The van der Waals surface area contributed by atoms with Crippen molar-refractivity contribution in [2.45, 2.75) is 39.5 Å². The number of para-hydroxylation sites is 1. The van der Waals surface area contributed by atoms with Gasteiger partial charge in [-0.3, -0.25) is 9.69 Å². The molecule has 1 atom stereocenters. The molecule has 7 heteroatoms. The van der Waals surface area contributed by atoms with Gasteiger partial charge in [-0.05, 0) is 32.9 Å². The topological polar surface area (TPSA) is 67.4 Å². The third-order valence-electron chi connectivity index (χ3n) is 4.93. The van der Waals surface area contributed by atoms with Gasteiger partial charge in [-0.1, -0.05) is 18.2 Å². The predicted molar refractivity (Wildman–Crippen MR) is 115 cm³/mol. The molecule has 1 fully saturated rings. The number of fused-ring (bicyclic) bond motifs is 1. The number of hydrogen-bond donors (Lipinski definition) is 1. The summed E-state index contributed by atoms with van der Waals surface area (Å²) in [5, 5.41) is 4.95. The van der Waals surface area contributed by atoms with Crippen LogP contribution in [0.1, 0.15) is 45.9 Å². The van der Waals surface area contributed by atoms with Gasteiger partial charge in [0, 0.05) is 42.1 Å². The lowest BCUT2D eigenvalue weighted by Crippen LogP contribution is -2.38. The number of morpholine rings is 1. The van der Waals surface area contributed by atoms with Crippen LogP contribution < -0.4 is 5.32 Å². The van der Waals surface area contributed by atoms with E-state index in [1.165, 1.54) is 4.88 Å². The minimum absolute atomic E-state index is 0.0714. The first kappa shape index (κ1) is 19.9. The third kappa shape index (κ3) is 4.63. The smallest absolute Gasteiger partial charge is 0.252 e. The monoisotopic (exact) mass is 410 g/mol. The Morgan fingerprint density at radius 1 is 1.38 bits per heavy atom. The van der Waals surface area contributed by atoms with E-state index >= 15 is 0 Å². The van der Waals surface area contributed by atoms with Gasteiger partial charge < -0.3 is 10.1 Å². The van der Waals surface area contributed by atoms with Gasteiger partial charge in [0.2, 0.25) is 0 Å². The zero-order valence-corrected chi connectivity index (χ0v) is 17.8. The van der Waals surface area contributed by atoms with E-state index in [-0.39, 0.29) is 18.1 Å². The summed E-state index contributed by atoms with van der Waals surface area (Å²) >= 11 is 1.73. The lowest BCUT2D eigenvalue weighted by atomic mass is 10.0. The number of nitrogens with zero attached hydrogens (tertiary/aromatic N) is 3. The van der Waals surface area contributed by atoms with Gasteiger partial charge in [0.25, 0.3) is 5.91 Å². The molecule has 29 heavy (non-hydrogen) atoms. The minimum atomic E-state index is -0.159. The van der Waals surface area contributed by atoms with Crippen LogP contribution in [0, 0.1) is 6.92 Å². The van der Waals surface area contributed by atoms with Gasteiger partial charge in [-0.2, -0.15) is 0 Å². The van der Waals surface area contributed by atoms with Crippen LogP contribution in [0.15, 0.2) is 36.5 Å². The van der Waals surface area contributed by atoms with Crippen molar-refractivity contribution < 1.29 is 9.53 Å². The fraction of sp³-hybridized carbons (Fsp3) is 0.409. The predicted octanol–water partition coefficient (Wildman–Crippen LogP) is 3.71. The number of thiazole rings is 1. The van der Waals surface area contributed by atoms with Crippen LogP contribution in [-0.4, -0.2) is 46.5 Å². The van der Waals surface area contributed by atoms with Crippen LogP contribution in [0.25, 0.3) is 10.9 Å². The first-order chi connectivity index (χ1) is 14.0. The summed E-state index contributed by atoms with van der Waals surface area (Å²) in [6.45, 7) is 9.08. The van der Waals surface area contributed by atoms with Gasteiger partial charge in [0.1, 0.15) is 6.10 Å². The SMILES string of the molecule is Cc1ncc(CN2CCO[C@@H](c3cc(C(=O)NC(C)C)c4ccccc4n3)C2)s1. The molecular weight excluding hydrogens is 384 g/mol. The van der Waals surface area contributed by atoms with Crippen molar-refractivity contribution in [3.8, 4) is 0 Å². The highest BCUT2D eigenvalue weighted by Crippen LogP contribution is 2.27. The maximum absolute atomic E-state index is 12.8. The molecule has 1 aliphatic heterocycles. The molecule has 152 valence electrons. The van der Waals surface area contributed by atoms with Crippen molar-refractivity contribution in [3.63, 3.8) is 0 Å². The lowest BCUT2D eigenvalue weighted by Gasteiger charge is -2.32. The summed E-state index contributed by atoms with van der Waals surface area (Å²) in [5.74, 6) is -0.0762. The van der Waals surface area contributed by atoms with E-state index < -0.39 is 0 Å². The number of carbonyl (C=O) groups excluding carboxylic acids is 1. The molecule has 0 unspecified atom stereocenters. The number of amides is 1. The average molecular weight is 411 g/mol. The lowest BCUT2D eigenvalue weighted by molar-refractivity contribution is -0.0345. The Hall–Kier alpha value is -2.35. The summed E-state index contributed by atoms with van der Waals surface area (Å²) < 4.78 is 6.05. The first-order valence-electron chi connectivity index (χ1n) is 9.95. The molecule has 1 N–H and O–H groups in total. The van der Waals surface area contributed by atoms with Gasteiger partial charge >= 0.3 is 0 Å². The molecule has 2 aromatic heterocycles. The van der Waals surface area contributed by atoms with E-state index in [0.29, 0.717) is 12.2 Å². The summed E-state index contributed by atoms with van der Waals surface area (Å²) in [7, 11) is 0. The fourth-order valence-electron chi connectivity index (χ4n) is 3.61. The van der Waals surface area contributed by atoms with Crippen LogP contribution in [-0.2, 0) is 11.3 Å². The van der Waals surface area contributed by atoms with E-state index in [1.54, 1.807) is 11.3 Å². The van der Waals surface area contributed by atoms with E-state index in [2.05, 4.69) is 15.2 Å². The second-order valence-corrected chi connectivity index (χ2v) is 9.00. The molecular formula is C22H26N4O2S. The number of nitrogens with one attached hydrogen (secondary N) is 1. The Bertz CT molecular complexity index is 1020. The van der Waals surface area contributed by atoms with Crippen molar-refractivity contribution in [1.29, 1.82) is 0 Å². The molecule has 0 aliphatic carbocycles. The number of carbonyl (C=O) groups is 1. The highest BCUT2D eigenvalue weighted by atomic mass is 32.1. The van der Waals surface area contributed by atoms with E-state index in [1.807, 2.05) is 57.3 Å². The molecule has 0 spiro atoms. The van der Waals surface area contributed by atoms with Crippen LogP contribution >= 0.6 is 11.3 Å². The maximum Gasteiger partial charge on any atom is 0.252 e. The Labute approximate surface area is 174 Å². The summed E-state index contributed by atoms with van der Waals surface area (Å²) in [4.78, 5) is 25.6. The van der Waals surface area contributed by atoms with Crippen molar-refractivity contribution >= 4 is 28.1 Å². The quantitative estimate of drug-likeness (QED) is 0.695. The normalized spacial score (nSPS) is 17.7. The highest BCUT2D eigenvalue weighted by molar-refractivity contribution is 7.11. The molecule has 6 nitrogen and oxygen atoms in total. The number of rotatable bonds is 5. The number of aryl methyl sites for hydroxylation is 1. The van der Waals surface area contributed by atoms with Crippen molar-refractivity contribution in [3.05, 3.63) is 57.7 Å². The summed E-state index contributed by atoms with van der Waals surface area (Å²) in [6.07, 6.45) is 1.79. The molecule has 1 amide bonds. The molecule has 3 heterocycles. The first-order valence-corrected chi connectivity index (χ1v) is 10.8. The molecule has 0 radical (unpaired) electrons. The van der Waals surface area contributed by atoms with Gasteiger partial charge in [-0.15, -0.1) is 11.3 Å². The van der Waals surface area contributed by atoms with Gasteiger partial charge in [0.05, 0.1) is 28.4 Å². The summed E-state index contributed by atoms with van der Waals surface area (Å²) in [5.41, 5.74) is 2.28. The second-order valence-electron chi connectivity index (χ2n) is 7.68. The molecule has 1 aromatic carbocycles. The third-order valence-corrected chi connectivity index (χ3v) is 5.83. The standard InChI is InChI=1S/C22H26N4O2S/c1-14(2)24-22(27)18-10-20(25-19-7-5-4-6-17(18)19)21-13-26(8-9-28-21)12-16-11-23-15(3)29-16/h4-7,10-11,14,21H,8-9,12-13H2,1-3H3,(H,24,27)/t21-/m1/s1. The van der Waals surface area contributed by atoms with Crippen molar-refractivity contribution in [1.82, 2.24) is 20.2 Å². The van der Waals surface area contributed by atoms with E-state index in [9.17, 15) is 4.79 Å². The zero-order valence-electron chi connectivity index (χ0n) is 17.0. The van der Waals surface area contributed by atoms with Crippen LogP contribution in [0.2, 0.25) is 0 Å². The number of pyridine rings is 1. The van der Waals surface area contributed by atoms with Crippen molar-refractivity contribution in [2.75, 3.05) is 19.7 Å². The van der Waals surface area contributed by atoms with Crippen LogP contribution in [0.5, 0.6) is 0 Å². The van der Waals surface area contributed by atoms with E-state index in [4.69, 9.17) is 9.72 Å². The highest BCUT2D eigenvalue weighted by Gasteiger charge is 2.25. The average Bonchev–Trinajstić information content (AvgIpc) is 3.11. The number of aromatic nitrogens is 2. The fourth-order valence-corrected chi connectivity index (χ4v) is 4.45. The molecule has 4 rings (SSSR count). The second kappa shape index (κ2) is 8.57.